The van der Waals surface area contributed by atoms with Crippen molar-refractivity contribution < 1.29 is 77.5 Å². The van der Waals surface area contributed by atoms with Crippen molar-refractivity contribution in [1.29, 1.82) is 0 Å². The van der Waals surface area contributed by atoms with Crippen LogP contribution in [0.15, 0.2) is 257 Å². The first kappa shape index (κ1) is 79.5. The highest BCUT2D eigenvalue weighted by atomic mass is 32.2. The zero-order valence-corrected chi connectivity index (χ0v) is 66.0. The van der Waals surface area contributed by atoms with Crippen molar-refractivity contribution in [3.05, 3.63) is 294 Å². The molecule has 4 aromatic heterocycles. The van der Waals surface area contributed by atoms with Gasteiger partial charge in [-0.25, -0.2) is 9.78 Å². The topological polar surface area (TPSA) is 476 Å². The van der Waals surface area contributed by atoms with Crippen LogP contribution >= 0.6 is 23.5 Å². The number of fused-ring (bicyclic) bond motifs is 4. The van der Waals surface area contributed by atoms with Gasteiger partial charge in [0.15, 0.2) is 33.4 Å². The highest BCUT2D eigenvalue weighted by molar-refractivity contribution is 7.99. The molecule has 10 aromatic carbocycles. The minimum Gasteiger partial charge on any atom is -0.478 e. The first-order valence-electron chi connectivity index (χ1n) is 35.8. The maximum atomic E-state index is 15.0. The van der Waals surface area contributed by atoms with E-state index in [1.165, 1.54) is 104 Å². The van der Waals surface area contributed by atoms with Gasteiger partial charge in [0.05, 0.1) is 70.6 Å². The van der Waals surface area contributed by atoms with Crippen LogP contribution in [0.5, 0.6) is 5.75 Å². The van der Waals surface area contributed by atoms with Gasteiger partial charge in [-0.05, 0) is 137 Å². The molecular formula is C83H57N13O19S5. The summed E-state index contributed by atoms with van der Waals surface area (Å²) in [7, 11) is -12.1. The van der Waals surface area contributed by atoms with E-state index in [2.05, 4.69) is 51.5 Å². The molecule has 0 saturated heterocycles. The summed E-state index contributed by atoms with van der Waals surface area (Å²) < 4.78 is 117. The number of benzene rings is 10. The fourth-order valence-electron chi connectivity index (χ4n) is 14.3. The highest BCUT2D eigenvalue weighted by Gasteiger charge is 2.38. The number of carbonyl (C=O) groups is 6. The fourth-order valence-corrected chi connectivity index (χ4v) is 17.9. The number of ether oxygens (including phenoxy) is 1. The molecule has 0 amide bonds. The van der Waals surface area contributed by atoms with Crippen LogP contribution in [0, 0.1) is 0 Å². The standard InChI is InChI=1S/C83H57N13O19S5/c1-95-56-31-29-53(66-68(56)64(48-19-6-8-21-50(48)74(66)100)70(76(95)102)72(98)42-15-4-3-5-16-42)86-45-27-33-61(119(109,110)111)44(37-45)39-63-89-79(92-82(90-63)117-60-26-13-11-24-58(60)115-41-97)84-35-36-85-80-91-81(94-83(93-80)116-59-25-12-10-23-52(59)78(104)105)87-46-28-34-62(120(112,113)114)55(40-46)88-54-30-32-57-69-65(49-20-7-9-22-51(49)75(101)67(54)69)71(77(103)96(57)2)73(99)43-17-14-18-47(38-43)118(106,107)108/h3-34,37-38,40-41,86,88H,35-36,39H2,1-2H3,(H,104,105)(H,106,107,108)(H,109,110,111)(H,112,113,114)(H,84,89,90,92)(H2,85,87,91,93,94). The summed E-state index contributed by atoms with van der Waals surface area (Å²) in [4.78, 5) is 139. The Morgan fingerprint density at radius 1 is 0.458 bits per heavy atom. The third-order valence-electron chi connectivity index (χ3n) is 19.6. The van der Waals surface area contributed by atoms with E-state index in [9.17, 15) is 82.4 Å². The zero-order valence-electron chi connectivity index (χ0n) is 61.9. The maximum Gasteiger partial charge on any atom is 0.336 e. The molecule has 598 valence electrons. The number of nitrogens with zero attached hydrogens (tertiary/aromatic N) is 8. The second-order valence-electron chi connectivity index (χ2n) is 26.9. The van der Waals surface area contributed by atoms with Gasteiger partial charge in [-0.1, -0.05) is 115 Å². The summed E-state index contributed by atoms with van der Waals surface area (Å²) in [5, 5.41) is 25.9. The monoisotopic (exact) mass is 1700 g/mol. The number of aromatic carboxylic acids is 1. The predicted molar refractivity (Wildman–Crippen MR) is 442 cm³/mol. The number of rotatable bonds is 27. The van der Waals surface area contributed by atoms with Gasteiger partial charge in [0.2, 0.25) is 17.8 Å². The smallest absolute Gasteiger partial charge is 0.336 e. The van der Waals surface area contributed by atoms with Crippen molar-refractivity contribution in [3.63, 3.8) is 0 Å². The molecule has 120 heavy (non-hydrogen) atoms. The third kappa shape index (κ3) is 15.3. The number of nitrogens with one attached hydrogen (secondary N) is 5. The summed E-state index contributed by atoms with van der Waals surface area (Å²) >= 11 is 1.78. The Balaban J connectivity index is 0.720. The van der Waals surface area contributed by atoms with Crippen molar-refractivity contribution in [1.82, 2.24) is 39.0 Å². The van der Waals surface area contributed by atoms with Crippen molar-refractivity contribution in [2.45, 2.75) is 41.2 Å². The Labute approximate surface area is 687 Å². The highest BCUT2D eigenvalue weighted by Crippen LogP contribution is 2.48. The lowest BCUT2D eigenvalue weighted by molar-refractivity contribution is -0.120. The molecule has 0 atom stereocenters. The SMILES string of the molecule is Cn1c(=O)c(C(=O)c2ccccc2)c2c3c(c(Nc4ccc(S(=O)(=O)O)c(Cc5nc(NCCNc6nc(Nc7ccc(S(=O)(=O)O)c(Nc8ccc9c%10c8C(=O)c8ccccc8-c%10c(C(=O)c8cccc(S(=O)(=O)O)c8)c(=O)n9C)c7)nc(Sc7ccccc7C(=O)O)n6)nc(Sc6ccccc6OC=O)n5)c4)ccc31)C(=O)c1ccccc1-2. The number of hydrogen-bond donors (Lipinski definition) is 9. The third-order valence-corrected chi connectivity index (χ3v) is 24.2. The molecule has 0 saturated carbocycles. The van der Waals surface area contributed by atoms with E-state index in [0.717, 1.165) is 52.4 Å². The number of hydrogen-bond acceptors (Lipinski definition) is 28. The molecule has 9 N–H and O–H groups in total. The number of carboxylic acid groups (broad SMARTS) is 1. The number of carbonyl (C=O) groups excluding carboxylic acids is 5. The largest absolute Gasteiger partial charge is 0.478 e. The molecule has 4 heterocycles. The van der Waals surface area contributed by atoms with E-state index in [-0.39, 0.29) is 170 Å². The van der Waals surface area contributed by atoms with Gasteiger partial charge >= 0.3 is 5.97 Å². The van der Waals surface area contributed by atoms with Gasteiger partial charge in [0.1, 0.15) is 16.5 Å². The lowest BCUT2D eigenvalue weighted by atomic mass is 9.80. The summed E-state index contributed by atoms with van der Waals surface area (Å²) in [5.41, 5.74) is -0.905. The van der Waals surface area contributed by atoms with Crippen LogP contribution in [0.2, 0.25) is 0 Å². The minimum absolute atomic E-state index is 0.00826. The van der Waals surface area contributed by atoms with Crippen LogP contribution in [0.4, 0.5) is 46.3 Å². The quantitative estimate of drug-likeness (QED) is 0.00999. The fraction of sp³-hybridized carbons (Fsp3) is 0.0602. The van der Waals surface area contributed by atoms with E-state index >= 15 is 0 Å². The van der Waals surface area contributed by atoms with E-state index in [0.29, 0.717) is 21.4 Å². The average molecular weight is 1700 g/mol. The Morgan fingerprint density at radius 3 is 1.55 bits per heavy atom. The summed E-state index contributed by atoms with van der Waals surface area (Å²) in [6, 6.07) is 51.2. The first-order valence-corrected chi connectivity index (χ1v) is 41.7. The van der Waals surface area contributed by atoms with Gasteiger partial charge in [0.25, 0.3) is 47.9 Å². The van der Waals surface area contributed by atoms with Crippen LogP contribution in [0.1, 0.15) is 85.4 Å². The van der Waals surface area contributed by atoms with E-state index < -0.39 is 97.2 Å². The second kappa shape index (κ2) is 31.6. The molecule has 14 aromatic rings. The predicted octanol–water partition coefficient (Wildman–Crippen LogP) is 12.3. The number of anilines is 8. The zero-order chi connectivity index (χ0) is 84.4. The van der Waals surface area contributed by atoms with Crippen molar-refractivity contribution in [3.8, 4) is 28.0 Å². The Kier molecular flexibility index (Phi) is 21.0. The molecule has 0 spiro atoms. The van der Waals surface area contributed by atoms with Crippen LogP contribution < -0.4 is 42.4 Å². The van der Waals surface area contributed by atoms with Gasteiger partial charge < -0.3 is 45.6 Å². The molecule has 0 radical (unpaired) electrons. The summed E-state index contributed by atoms with van der Waals surface area (Å²) in [6.07, 6.45) is -0.424. The van der Waals surface area contributed by atoms with Crippen molar-refractivity contribution in [2.24, 2.45) is 14.1 Å². The van der Waals surface area contributed by atoms with Crippen LogP contribution in [0.3, 0.4) is 0 Å². The van der Waals surface area contributed by atoms with Crippen LogP contribution in [0.25, 0.3) is 44.1 Å². The molecule has 2 aliphatic carbocycles. The molecule has 0 bridgehead atoms. The lowest BCUT2D eigenvalue weighted by Gasteiger charge is -2.26. The van der Waals surface area contributed by atoms with Crippen LogP contribution in [-0.4, -0.2) is 132 Å². The second-order valence-corrected chi connectivity index (χ2v) is 33.2. The average Bonchev–Trinajstić information content (AvgIpc) is 0.710. The number of aryl methyl sites for hydroxylation is 2. The molecule has 2 aliphatic rings. The lowest BCUT2D eigenvalue weighted by Crippen LogP contribution is -2.29. The van der Waals surface area contributed by atoms with E-state index in [4.69, 9.17) is 9.72 Å². The van der Waals surface area contributed by atoms with Gasteiger partial charge in [-0.2, -0.15) is 50.2 Å². The minimum atomic E-state index is -5.13. The Morgan fingerprint density at radius 2 is 0.958 bits per heavy atom. The number of pyridine rings is 2. The maximum absolute atomic E-state index is 15.0. The normalized spacial score (nSPS) is 12.2. The Hall–Kier alpha value is -14.3. The van der Waals surface area contributed by atoms with Crippen LogP contribution in [-0.2, 0) is 55.7 Å². The first-order chi connectivity index (χ1) is 57.5. The molecule has 37 heteroatoms. The number of para-hydroxylation sites is 1. The molecule has 0 fully saturated rings. The molecule has 16 rings (SSSR count). The Bertz CT molecular complexity index is 7320. The number of ketones is 4. The van der Waals surface area contributed by atoms with E-state index in [1.54, 1.807) is 103 Å². The van der Waals surface area contributed by atoms with Crippen molar-refractivity contribution in [2.75, 3.05) is 39.7 Å². The number of carboxylic acids is 1. The van der Waals surface area contributed by atoms with Gasteiger partial charge in [-0.15, -0.1) is 0 Å². The number of aromatic nitrogens is 8. The van der Waals surface area contributed by atoms with Gasteiger partial charge in [-0.3, -0.25) is 47.2 Å². The van der Waals surface area contributed by atoms with E-state index in [1.807, 2.05) is 0 Å². The van der Waals surface area contributed by atoms with Gasteiger partial charge in [0, 0.05) is 94.0 Å². The molecule has 0 aliphatic heterocycles. The molecular weight excluding hydrogens is 1640 g/mol. The molecule has 32 nitrogen and oxygen atoms in total. The summed E-state index contributed by atoms with van der Waals surface area (Å²) in [5.74, 6) is -4.32. The molecule has 0 unspecified atom stereocenters. The van der Waals surface area contributed by atoms with Crippen molar-refractivity contribution >= 4 is 158 Å². The summed E-state index contributed by atoms with van der Waals surface area (Å²) in [6.45, 7) is 0.0847.